The van der Waals surface area contributed by atoms with Crippen molar-refractivity contribution in [2.75, 3.05) is 26.2 Å². The van der Waals surface area contributed by atoms with Crippen molar-refractivity contribution < 1.29 is 0 Å². The molecule has 0 atom stereocenters. The predicted octanol–water partition coefficient (Wildman–Crippen LogP) is 1.75. The summed E-state index contributed by atoms with van der Waals surface area (Å²) in [6.45, 7) is 5.74. The summed E-state index contributed by atoms with van der Waals surface area (Å²) in [6.07, 6.45) is 4.49. The Morgan fingerprint density at radius 3 is 3.06 bits per heavy atom. The lowest BCUT2D eigenvalue weighted by atomic mass is 10.2. The third-order valence-corrected chi connectivity index (χ3v) is 3.62. The van der Waals surface area contributed by atoms with Crippen LogP contribution in [0, 0.1) is 0 Å². The second kappa shape index (κ2) is 5.50. The topological polar surface area (TPSA) is 44.0 Å². The van der Waals surface area contributed by atoms with Crippen molar-refractivity contribution in [1.29, 1.82) is 0 Å². The molecule has 3 rings (SSSR count). The Hall–Kier alpha value is -1.39. The fourth-order valence-corrected chi connectivity index (χ4v) is 2.57. The van der Waals surface area contributed by atoms with Crippen LogP contribution in [0.3, 0.4) is 0 Å². The Labute approximate surface area is 107 Å². The summed E-state index contributed by atoms with van der Waals surface area (Å²) in [6, 6.07) is 6.39. The van der Waals surface area contributed by atoms with Crippen LogP contribution in [0.2, 0.25) is 0 Å². The van der Waals surface area contributed by atoms with Crippen LogP contribution in [0.4, 0.5) is 0 Å². The van der Waals surface area contributed by atoms with Gasteiger partial charge in [0.05, 0.1) is 17.4 Å². The molecule has 1 fully saturated rings. The van der Waals surface area contributed by atoms with Crippen molar-refractivity contribution in [3.8, 4) is 0 Å². The standard InChI is InChI=1S/C14H20N4/c1-2-7-18(6-1)8-5-15-10-12-3-4-13-14(9-12)17-11-16-13/h3-4,9,11,15H,1-2,5-8,10H2,(H,16,17). The summed E-state index contributed by atoms with van der Waals surface area (Å²) in [5.41, 5.74) is 3.47. The molecule has 0 bridgehead atoms. The molecule has 0 spiro atoms. The molecule has 96 valence electrons. The van der Waals surface area contributed by atoms with Crippen molar-refractivity contribution in [3.05, 3.63) is 30.1 Å². The van der Waals surface area contributed by atoms with E-state index in [9.17, 15) is 0 Å². The van der Waals surface area contributed by atoms with Gasteiger partial charge in [-0.1, -0.05) is 6.07 Å². The summed E-state index contributed by atoms with van der Waals surface area (Å²) in [5, 5.41) is 3.51. The normalized spacial score (nSPS) is 16.7. The number of benzene rings is 1. The van der Waals surface area contributed by atoms with Crippen LogP contribution in [0.5, 0.6) is 0 Å². The number of nitrogens with one attached hydrogen (secondary N) is 2. The largest absolute Gasteiger partial charge is 0.345 e. The van der Waals surface area contributed by atoms with Gasteiger partial charge >= 0.3 is 0 Å². The van der Waals surface area contributed by atoms with Gasteiger partial charge in [-0.3, -0.25) is 0 Å². The number of imidazole rings is 1. The molecule has 4 nitrogen and oxygen atoms in total. The molecule has 0 saturated carbocycles. The molecule has 1 aromatic heterocycles. The zero-order valence-corrected chi connectivity index (χ0v) is 10.7. The number of aromatic amines is 1. The number of hydrogen-bond acceptors (Lipinski definition) is 3. The van der Waals surface area contributed by atoms with E-state index >= 15 is 0 Å². The van der Waals surface area contributed by atoms with E-state index in [-0.39, 0.29) is 0 Å². The highest BCUT2D eigenvalue weighted by Crippen LogP contribution is 2.11. The summed E-state index contributed by atoms with van der Waals surface area (Å²) < 4.78 is 0. The van der Waals surface area contributed by atoms with E-state index in [0.29, 0.717) is 0 Å². The van der Waals surface area contributed by atoms with Crippen LogP contribution >= 0.6 is 0 Å². The lowest BCUT2D eigenvalue weighted by Gasteiger charge is -2.14. The van der Waals surface area contributed by atoms with E-state index in [1.54, 1.807) is 6.33 Å². The quantitative estimate of drug-likeness (QED) is 0.788. The molecule has 2 N–H and O–H groups in total. The number of hydrogen-bond donors (Lipinski definition) is 2. The van der Waals surface area contributed by atoms with Crippen molar-refractivity contribution in [3.63, 3.8) is 0 Å². The fraction of sp³-hybridized carbons (Fsp3) is 0.500. The molecule has 1 aromatic carbocycles. The molecule has 18 heavy (non-hydrogen) atoms. The number of fused-ring (bicyclic) bond motifs is 1. The van der Waals surface area contributed by atoms with Crippen molar-refractivity contribution in [1.82, 2.24) is 20.2 Å². The summed E-state index contributed by atoms with van der Waals surface area (Å²) >= 11 is 0. The number of rotatable bonds is 5. The predicted molar refractivity (Wildman–Crippen MR) is 73.5 cm³/mol. The minimum atomic E-state index is 0.933. The van der Waals surface area contributed by atoms with E-state index in [0.717, 1.165) is 24.1 Å². The maximum atomic E-state index is 4.23. The van der Waals surface area contributed by atoms with Gasteiger partial charge in [-0.05, 0) is 43.6 Å². The molecule has 0 amide bonds. The first-order valence-corrected chi connectivity index (χ1v) is 6.77. The third kappa shape index (κ3) is 2.71. The van der Waals surface area contributed by atoms with Crippen LogP contribution in [0.1, 0.15) is 18.4 Å². The average molecular weight is 244 g/mol. The van der Waals surface area contributed by atoms with Gasteiger partial charge in [0.15, 0.2) is 0 Å². The zero-order chi connectivity index (χ0) is 12.2. The molecule has 0 unspecified atom stereocenters. The zero-order valence-electron chi connectivity index (χ0n) is 10.7. The minimum Gasteiger partial charge on any atom is -0.345 e. The Morgan fingerprint density at radius 1 is 1.28 bits per heavy atom. The van der Waals surface area contributed by atoms with Crippen molar-refractivity contribution >= 4 is 11.0 Å². The lowest BCUT2D eigenvalue weighted by Crippen LogP contribution is -2.29. The monoisotopic (exact) mass is 244 g/mol. The average Bonchev–Trinajstić information content (AvgIpc) is 3.05. The van der Waals surface area contributed by atoms with Crippen molar-refractivity contribution in [2.45, 2.75) is 19.4 Å². The molecule has 0 radical (unpaired) electrons. The summed E-state index contributed by atoms with van der Waals surface area (Å²) in [4.78, 5) is 9.91. The van der Waals surface area contributed by atoms with Gasteiger partial charge < -0.3 is 15.2 Å². The van der Waals surface area contributed by atoms with E-state index in [1.807, 2.05) is 0 Å². The van der Waals surface area contributed by atoms with E-state index in [4.69, 9.17) is 0 Å². The van der Waals surface area contributed by atoms with Gasteiger partial charge in [-0.15, -0.1) is 0 Å². The first kappa shape index (κ1) is 11.7. The SMILES string of the molecule is c1nc2ccc(CNCCN3CCCC3)cc2[nH]1. The molecular weight excluding hydrogens is 224 g/mol. The van der Waals surface area contributed by atoms with Gasteiger partial charge in [0.2, 0.25) is 0 Å². The van der Waals surface area contributed by atoms with Crippen molar-refractivity contribution in [2.24, 2.45) is 0 Å². The van der Waals surface area contributed by atoms with Crippen LogP contribution in [-0.2, 0) is 6.54 Å². The maximum Gasteiger partial charge on any atom is 0.0931 e. The highest BCUT2D eigenvalue weighted by Gasteiger charge is 2.09. The smallest absolute Gasteiger partial charge is 0.0931 e. The van der Waals surface area contributed by atoms with Crippen LogP contribution in [-0.4, -0.2) is 41.0 Å². The third-order valence-electron chi connectivity index (χ3n) is 3.62. The van der Waals surface area contributed by atoms with Gasteiger partial charge in [-0.2, -0.15) is 0 Å². The van der Waals surface area contributed by atoms with Gasteiger partial charge in [0.1, 0.15) is 0 Å². The number of aromatic nitrogens is 2. The van der Waals surface area contributed by atoms with Gasteiger partial charge in [-0.25, -0.2) is 4.98 Å². The molecule has 0 aliphatic carbocycles. The Kier molecular flexibility index (Phi) is 3.57. The van der Waals surface area contributed by atoms with Crippen LogP contribution in [0.15, 0.2) is 24.5 Å². The molecule has 2 heterocycles. The van der Waals surface area contributed by atoms with Gasteiger partial charge in [0, 0.05) is 19.6 Å². The minimum absolute atomic E-state index is 0.933. The number of nitrogens with zero attached hydrogens (tertiary/aromatic N) is 2. The lowest BCUT2D eigenvalue weighted by molar-refractivity contribution is 0.335. The first-order valence-electron chi connectivity index (χ1n) is 6.77. The Bertz CT molecular complexity index is 499. The molecule has 4 heteroatoms. The van der Waals surface area contributed by atoms with Gasteiger partial charge in [0.25, 0.3) is 0 Å². The first-order chi connectivity index (χ1) is 8.92. The van der Waals surface area contributed by atoms with E-state index in [1.165, 1.54) is 38.0 Å². The number of H-pyrrole nitrogens is 1. The summed E-state index contributed by atoms with van der Waals surface area (Å²) in [5.74, 6) is 0. The molecule has 2 aromatic rings. The molecular formula is C14H20N4. The van der Waals surface area contributed by atoms with E-state index < -0.39 is 0 Å². The molecule has 1 saturated heterocycles. The highest BCUT2D eigenvalue weighted by molar-refractivity contribution is 5.74. The Balaban J connectivity index is 1.47. The fourth-order valence-electron chi connectivity index (χ4n) is 2.57. The highest BCUT2D eigenvalue weighted by atomic mass is 15.1. The van der Waals surface area contributed by atoms with Crippen LogP contribution < -0.4 is 5.32 Å². The number of likely N-dealkylation sites (tertiary alicyclic amines) is 1. The van der Waals surface area contributed by atoms with E-state index in [2.05, 4.69) is 38.4 Å². The molecule has 1 aliphatic rings. The maximum absolute atomic E-state index is 4.23. The van der Waals surface area contributed by atoms with Crippen LogP contribution in [0.25, 0.3) is 11.0 Å². The summed E-state index contributed by atoms with van der Waals surface area (Å²) in [7, 11) is 0. The second-order valence-corrected chi connectivity index (χ2v) is 4.98. The Morgan fingerprint density at radius 2 is 2.17 bits per heavy atom. The molecule has 1 aliphatic heterocycles. The second-order valence-electron chi connectivity index (χ2n) is 4.98.